The van der Waals surface area contributed by atoms with Gasteiger partial charge in [0.25, 0.3) is 0 Å². The van der Waals surface area contributed by atoms with E-state index in [1.54, 1.807) is 12.4 Å². The van der Waals surface area contributed by atoms with Gasteiger partial charge in [-0.25, -0.2) is 0 Å². The predicted octanol–water partition coefficient (Wildman–Crippen LogP) is 2.82. The number of rotatable bonds is 5. The molecule has 1 aromatic heterocycles. The molecule has 0 radical (unpaired) electrons. The fourth-order valence-corrected chi connectivity index (χ4v) is 2.04. The quantitative estimate of drug-likeness (QED) is 0.820. The van der Waals surface area contributed by atoms with E-state index >= 15 is 0 Å². The van der Waals surface area contributed by atoms with Gasteiger partial charge in [0.15, 0.2) is 0 Å². The van der Waals surface area contributed by atoms with E-state index in [-0.39, 0.29) is 6.04 Å². The molecule has 3 nitrogen and oxygen atoms in total. The summed E-state index contributed by atoms with van der Waals surface area (Å²) in [6.45, 7) is 0.844. The number of likely N-dealkylation sites (N-methyl/N-ethyl adjacent to an activating group) is 1. The van der Waals surface area contributed by atoms with E-state index in [9.17, 15) is 5.26 Å². The molecular formula is C16H17N3. The molecule has 96 valence electrons. The van der Waals surface area contributed by atoms with Gasteiger partial charge in [-0.15, -0.1) is 0 Å². The minimum absolute atomic E-state index is 0.239. The van der Waals surface area contributed by atoms with Crippen molar-refractivity contribution in [3.63, 3.8) is 0 Å². The maximum atomic E-state index is 9.33. The largest absolute Gasteiger partial charge is 0.287 e. The lowest BCUT2D eigenvalue weighted by Gasteiger charge is -2.22. The summed E-state index contributed by atoms with van der Waals surface area (Å²) in [4.78, 5) is 6.14. The lowest BCUT2D eigenvalue weighted by atomic mass is 10.1. The van der Waals surface area contributed by atoms with Gasteiger partial charge in [-0.3, -0.25) is 9.88 Å². The molecule has 0 saturated carbocycles. The second-order valence-electron chi connectivity index (χ2n) is 4.53. The monoisotopic (exact) mass is 251 g/mol. The van der Waals surface area contributed by atoms with Crippen LogP contribution in [0.1, 0.15) is 17.2 Å². The second-order valence-corrected chi connectivity index (χ2v) is 4.53. The van der Waals surface area contributed by atoms with Crippen LogP contribution in [-0.2, 0) is 6.42 Å². The second kappa shape index (κ2) is 6.67. The summed E-state index contributed by atoms with van der Waals surface area (Å²) in [5.41, 5.74) is 2.23. The van der Waals surface area contributed by atoms with Crippen LogP contribution in [0.3, 0.4) is 0 Å². The topological polar surface area (TPSA) is 39.9 Å². The van der Waals surface area contributed by atoms with Gasteiger partial charge in [0, 0.05) is 24.5 Å². The maximum absolute atomic E-state index is 9.33. The number of hydrogen-bond donors (Lipinski definition) is 0. The van der Waals surface area contributed by atoms with E-state index in [1.807, 2.05) is 37.4 Å². The van der Waals surface area contributed by atoms with Crippen LogP contribution >= 0.6 is 0 Å². The fourth-order valence-electron chi connectivity index (χ4n) is 2.04. The van der Waals surface area contributed by atoms with Gasteiger partial charge in [-0.2, -0.15) is 5.26 Å². The van der Waals surface area contributed by atoms with Crippen LogP contribution < -0.4 is 0 Å². The van der Waals surface area contributed by atoms with Crippen LogP contribution in [0, 0.1) is 11.3 Å². The van der Waals surface area contributed by atoms with Crippen molar-refractivity contribution in [1.29, 1.82) is 5.26 Å². The molecule has 0 spiro atoms. The van der Waals surface area contributed by atoms with Crippen molar-refractivity contribution in [3.8, 4) is 6.07 Å². The van der Waals surface area contributed by atoms with Crippen molar-refractivity contribution < 1.29 is 0 Å². The van der Waals surface area contributed by atoms with Crippen LogP contribution in [0.15, 0.2) is 54.9 Å². The number of hydrogen-bond acceptors (Lipinski definition) is 3. The van der Waals surface area contributed by atoms with Crippen LogP contribution in [0.5, 0.6) is 0 Å². The summed E-state index contributed by atoms with van der Waals surface area (Å²) in [6.07, 6.45) is 4.42. The molecule has 19 heavy (non-hydrogen) atoms. The van der Waals surface area contributed by atoms with E-state index in [1.165, 1.54) is 5.56 Å². The first kappa shape index (κ1) is 13.3. The van der Waals surface area contributed by atoms with E-state index in [0.29, 0.717) is 0 Å². The smallest absolute Gasteiger partial charge is 0.125 e. The molecule has 1 heterocycles. The third-order valence-electron chi connectivity index (χ3n) is 3.16. The van der Waals surface area contributed by atoms with E-state index < -0.39 is 0 Å². The van der Waals surface area contributed by atoms with E-state index in [4.69, 9.17) is 0 Å². The number of nitriles is 1. The Bertz CT molecular complexity index is 531. The Morgan fingerprint density at radius 2 is 2.00 bits per heavy atom. The van der Waals surface area contributed by atoms with Crippen molar-refractivity contribution in [3.05, 3.63) is 66.0 Å². The van der Waals surface area contributed by atoms with E-state index in [0.717, 1.165) is 18.5 Å². The first-order valence-electron chi connectivity index (χ1n) is 6.35. The zero-order valence-corrected chi connectivity index (χ0v) is 11.0. The minimum Gasteiger partial charge on any atom is -0.287 e. The number of nitrogens with zero attached hydrogens (tertiary/aromatic N) is 3. The SMILES string of the molecule is CN(CCc1ccccc1)C(C#N)c1cccnc1. The highest BCUT2D eigenvalue weighted by atomic mass is 15.1. The normalized spacial score (nSPS) is 12.1. The molecule has 0 saturated heterocycles. The van der Waals surface area contributed by atoms with Crippen LogP contribution in [-0.4, -0.2) is 23.5 Å². The lowest BCUT2D eigenvalue weighted by Crippen LogP contribution is -2.26. The highest BCUT2D eigenvalue weighted by Crippen LogP contribution is 2.17. The Balaban J connectivity index is 1.99. The van der Waals surface area contributed by atoms with Crippen LogP contribution in [0.2, 0.25) is 0 Å². The highest BCUT2D eigenvalue weighted by molar-refractivity contribution is 5.20. The van der Waals surface area contributed by atoms with Crippen molar-refractivity contribution in [1.82, 2.24) is 9.88 Å². The molecule has 2 aromatic rings. The summed E-state index contributed by atoms with van der Waals surface area (Å²) >= 11 is 0. The molecule has 0 fully saturated rings. The Hall–Kier alpha value is -2.18. The Labute approximate surface area is 114 Å². The van der Waals surface area contributed by atoms with Crippen molar-refractivity contribution >= 4 is 0 Å². The third kappa shape index (κ3) is 3.64. The number of pyridine rings is 1. The Morgan fingerprint density at radius 3 is 2.63 bits per heavy atom. The zero-order valence-electron chi connectivity index (χ0n) is 11.0. The summed E-state index contributed by atoms with van der Waals surface area (Å²) in [6, 6.07) is 16.2. The number of aromatic nitrogens is 1. The highest BCUT2D eigenvalue weighted by Gasteiger charge is 2.15. The molecule has 0 aliphatic carbocycles. The van der Waals surface area contributed by atoms with Crippen molar-refractivity contribution in [2.75, 3.05) is 13.6 Å². The average molecular weight is 251 g/mol. The molecule has 0 aliphatic heterocycles. The Kier molecular flexibility index (Phi) is 4.66. The van der Waals surface area contributed by atoms with Crippen molar-refractivity contribution in [2.24, 2.45) is 0 Å². The lowest BCUT2D eigenvalue weighted by molar-refractivity contribution is 0.295. The maximum Gasteiger partial charge on any atom is 0.125 e. The van der Waals surface area contributed by atoms with Gasteiger partial charge in [0.05, 0.1) is 6.07 Å². The zero-order chi connectivity index (χ0) is 13.5. The molecule has 2 rings (SSSR count). The van der Waals surface area contributed by atoms with Gasteiger partial charge >= 0.3 is 0 Å². The summed E-state index contributed by atoms with van der Waals surface area (Å²) in [5, 5.41) is 9.33. The molecule has 1 atom stereocenters. The van der Waals surface area contributed by atoms with Crippen LogP contribution in [0.4, 0.5) is 0 Å². The van der Waals surface area contributed by atoms with E-state index in [2.05, 4.69) is 28.1 Å². The van der Waals surface area contributed by atoms with Gasteiger partial charge in [-0.1, -0.05) is 36.4 Å². The molecule has 1 unspecified atom stereocenters. The first-order valence-corrected chi connectivity index (χ1v) is 6.35. The molecule has 0 aliphatic rings. The van der Waals surface area contributed by atoms with Crippen LogP contribution in [0.25, 0.3) is 0 Å². The minimum atomic E-state index is -0.239. The predicted molar refractivity (Wildman–Crippen MR) is 75.4 cm³/mol. The summed E-state index contributed by atoms with van der Waals surface area (Å²) < 4.78 is 0. The molecule has 0 bridgehead atoms. The molecular weight excluding hydrogens is 234 g/mol. The fraction of sp³-hybridized carbons (Fsp3) is 0.250. The van der Waals surface area contributed by atoms with Gasteiger partial charge in [0.1, 0.15) is 6.04 Å². The number of benzene rings is 1. The summed E-state index contributed by atoms with van der Waals surface area (Å²) in [7, 11) is 1.98. The average Bonchev–Trinajstić information content (AvgIpc) is 2.48. The summed E-state index contributed by atoms with van der Waals surface area (Å²) in [5.74, 6) is 0. The molecule has 0 N–H and O–H groups in total. The molecule has 0 amide bonds. The Morgan fingerprint density at radius 1 is 1.21 bits per heavy atom. The van der Waals surface area contributed by atoms with Gasteiger partial charge in [0.2, 0.25) is 0 Å². The standard InChI is InChI=1S/C16H17N3/c1-19(11-9-14-6-3-2-4-7-14)16(12-17)15-8-5-10-18-13-15/h2-8,10,13,16H,9,11H2,1H3. The molecule has 3 heteroatoms. The van der Waals surface area contributed by atoms with Gasteiger partial charge < -0.3 is 0 Å². The van der Waals surface area contributed by atoms with Crippen molar-refractivity contribution in [2.45, 2.75) is 12.5 Å². The molecule has 1 aromatic carbocycles. The van der Waals surface area contributed by atoms with Gasteiger partial charge in [-0.05, 0) is 25.1 Å². The third-order valence-corrected chi connectivity index (χ3v) is 3.16. The first-order chi connectivity index (χ1) is 9.31.